The number of hydrogen-bond acceptors (Lipinski definition) is 3. The largest absolute Gasteiger partial charge is 0.357 e. The summed E-state index contributed by atoms with van der Waals surface area (Å²) in [5, 5.41) is 8.20. The quantitative estimate of drug-likeness (QED) is 0.885. The standard InChI is InChI=1S/C17H26N4/c1-6-18-12-16-14(4)19-21(15-10-8-7-9-11-15)17(16)20(5)13(2)3/h7-11,13,18H,6,12H2,1-5H3. The number of aromatic nitrogens is 2. The van der Waals surface area contributed by atoms with Crippen LogP contribution in [-0.2, 0) is 6.54 Å². The molecule has 0 unspecified atom stereocenters. The van der Waals surface area contributed by atoms with E-state index >= 15 is 0 Å². The predicted molar refractivity (Wildman–Crippen MR) is 89.2 cm³/mol. The average Bonchev–Trinajstić information content (AvgIpc) is 2.81. The second-order valence-electron chi connectivity index (χ2n) is 5.62. The fourth-order valence-electron chi connectivity index (χ4n) is 2.36. The third kappa shape index (κ3) is 3.27. The number of nitrogens with zero attached hydrogens (tertiary/aromatic N) is 3. The zero-order valence-electron chi connectivity index (χ0n) is 13.7. The third-order valence-corrected chi connectivity index (χ3v) is 3.82. The summed E-state index contributed by atoms with van der Waals surface area (Å²) < 4.78 is 2.06. The smallest absolute Gasteiger partial charge is 0.137 e. The second kappa shape index (κ2) is 6.76. The van der Waals surface area contributed by atoms with E-state index in [0.29, 0.717) is 6.04 Å². The summed E-state index contributed by atoms with van der Waals surface area (Å²) in [6.07, 6.45) is 0. The molecule has 1 N–H and O–H groups in total. The van der Waals surface area contributed by atoms with Gasteiger partial charge in [0.25, 0.3) is 0 Å². The lowest BCUT2D eigenvalue weighted by Crippen LogP contribution is -2.29. The molecule has 0 bridgehead atoms. The van der Waals surface area contributed by atoms with Crippen molar-refractivity contribution in [3.63, 3.8) is 0 Å². The van der Waals surface area contributed by atoms with Gasteiger partial charge in [0.2, 0.25) is 0 Å². The Hall–Kier alpha value is -1.81. The van der Waals surface area contributed by atoms with Gasteiger partial charge in [-0.3, -0.25) is 0 Å². The topological polar surface area (TPSA) is 33.1 Å². The maximum absolute atomic E-state index is 4.77. The van der Waals surface area contributed by atoms with Gasteiger partial charge in [0, 0.05) is 25.2 Å². The maximum Gasteiger partial charge on any atom is 0.137 e. The van der Waals surface area contributed by atoms with Crippen LogP contribution in [0.2, 0.25) is 0 Å². The van der Waals surface area contributed by atoms with Gasteiger partial charge >= 0.3 is 0 Å². The van der Waals surface area contributed by atoms with Gasteiger partial charge in [0.05, 0.1) is 11.4 Å². The van der Waals surface area contributed by atoms with Gasteiger partial charge in [-0.2, -0.15) is 5.10 Å². The van der Waals surface area contributed by atoms with Crippen LogP contribution < -0.4 is 10.2 Å². The summed E-state index contributed by atoms with van der Waals surface area (Å²) >= 11 is 0. The summed E-state index contributed by atoms with van der Waals surface area (Å²) in [5.41, 5.74) is 3.46. The number of nitrogens with one attached hydrogen (secondary N) is 1. The Labute approximate surface area is 127 Å². The number of aryl methyl sites for hydroxylation is 1. The van der Waals surface area contributed by atoms with Crippen molar-refractivity contribution in [1.29, 1.82) is 0 Å². The molecule has 2 rings (SSSR count). The lowest BCUT2D eigenvalue weighted by molar-refractivity contribution is 0.695. The molecule has 0 radical (unpaired) electrons. The van der Waals surface area contributed by atoms with Gasteiger partial charge < -0.3 is 10.2 Å². The summed E-state index contributed by atoms with van der Waals surface area (Å²) in [4.78, 5) is 2.29. The number of rotatable bonds is 6. The first kappa shape index (κ1) is 15.6. The first-order valence-electron chi connectivity index (χ1n) is 7.63. The highest BCUT2D eigenvalue weighted by molar-refractivity contribution is 5.55. The highest BCUT2D eigenvalue weighted by atomic mass is 15.4. The number of para-hydroxylation sites is 1. The SMILES string of the molecule is CCNCc1c(C)nn(-c2ccccc2)c1N(C)C(C)C. The Morgan fingerprint density at radius 2 is 1.90 bits per heavy atom. The van der Waals surface area contributed by atoms with Gasteiger partial charge in [-0.1, -0.05) is 25.1 Å². The van der Waals surface area contributed by atoms with Crippen LogP contribution in [0.25, 0.3) is 5.69 Å². The zero-order valence-corrected chi connectivity index (χ0v) is 13.7. The summed E-state index contributed by atoms with van der Waals surface area (Å²) in [5.74, 6) is 1.18. The van der Waals surface area contributed by atoms with Gasteiger partial charge in [-0.05, 0) is 39.4 Å². The molecule has 4 nitrogen and oxygen atoms in total. The highest BCUT2D eigenvalue weighted by Gasteiger charge is 2.20. The first-order chi connectivity index (χ1) is 10.1. The van der Waals surface area contributed by atoms with Crippen molar-refractivity contribution in [2.45, 2.75) is 40.3 Å². The minimum atomic E-state index is 0.420. The molecule has 0 saturated heterocycles. The number of benzene rings is 1. The molecule has 0 atom stereocenters. The molecule has 0 saturated carbocycles. The van der Waals surface area contributed by atoms with E-state index < -0.39 is 0 Å². The Bertz CT molecular complexity index is 572. The van der Waals surface area contributed by atoms with Gasteiger partial charge in [-0.15, -0.1) is 0 Å². The van der Waals surface area contributed by atoms with E-state index in [4.69, 9.17) is 5.10 Å². The Morgan fingerprint density at radius 1 is 1.24 bits per heavy atom. The molecule has 0 amide bonds. The molecule has 0 aliphatic rings. The van der Waals surface area contributed by atoms with E-state index in [-0.39, 0.29) is 0 Å². The zero-order chi connectivity index (χ0) is 15.4. The van der Waals surface area contributed by atoms with E-state index in [0.717, 1.165) is 24.5 Å². The lowest BCUT2D eigenvalue weighted by atomic mass is 10.2. The van der Waals surface area contributed by atoms with E-state index in [1.807, 2.05) is 6.07 Å². The average molecular weight is 286 g/mol. The second-order valence-corrected chi connectivity index (χ2v) is 5.62. The first-order valence-corrected chi connectivity index (χ1v) is 7.63. The van der Waals surface area contributed by atoms with Gasteiger partial charge in [-0.25, -0.2) is 4.68 Å². The van der Waals surface area contributed by atoms with Crippen LogP contribution >= 0.6 is 0 Å². The van der Waals surface area contributed by atoms with E-state index in [2.05, 4.69) is 73.9 Å². The summed E-state index contributed by atoms with van der Waals surface area (Å²) in [7, 11) is 2.13. The fourth-order valence-corrected chi connectivity index (χ4v) is 2.36. The molecule has 0 fully saturated rings. The van der Waals surface area contributed by atoms with Crippen molar-refractivity contribution in [3.8, 4) is 5.69 Å². The Kier molecular flexibility index (Phi) is 5.02. The molecule has 21 heavy (non-hydrogen) atoms. The van der Waals surface area contributed by atoms with Crippen LogP contribution in [-0.4, -0.2) is 29.4 Å². The molecule has 1 aromatic heterocycles. The van der Waals surface area contributed by atoms with Crippen LogP contribution in [0.15, 0.2) is 30.3 Å². The normalized spacial score (nSPS) is 11.1. The minimum Gasteiger partial charge on any atom is -0.357 e. The summed E-state index contributed by atoms with van der Waals surface area (Å²) in [6.45, 7) is 10.4. The molecular weight excluding hydrogens is 260 g/mol. The molecule has 2 aromatic rings. The molecule has 114 valence electrons. The Morgan fingerprint density at radius 3 is 2.48 bits per heavy atom. The van der Waals surface area contributed by atoms with Gasteiger partial charge in [0.15, 0.2) is 0 Å². The van der Waals surface area contributed by atoms with E-state index in [1.165, 1.54) is 11.4 Å². The Balaban J connectivity index is 2.54. The molecule has 1 aromatic carbocycles. The summed E-state index contributed by atoms with van der Waals surface area (Å²) in [6, 6.07) is 10.8. The molecule has 0 aliphatic heterocycles. The minimum absolute atomic E-state index is 0.420. The fraction of sp³-hybridized carbons (Fsp3) is 0.471. The highest BCUT2D eigenvalue weighted by Crippen LogP contribution is 2.27. The van der Waals surface area contributed by atoms with Crippen molar-refractivity contribution in [2.24, 2.45) is 0 Å². The molecule has 4 heteroatoms. The van der Waals surface area contributed by atoms with Crippen LogP contribution in [0.1, 0.15) is 32.0 Å². The number of hydrogen-bond donors (Lipinski definition) is 1. The third-order valence-electron chi connectivity index (χ3n) is 3.82. The molecule has 0 spiro atoms. The maximum atomic E-state index is 4.77. The molecule has 1 heterocycles. The van der Waals surface area contributed by atoms with E-state index in [1.54, 1.807) is 0 Å². The van der Waals surface area contributed by atoms with Crippen LogP contribution in [0.5, 0.6) is 0 Å². The van der Waals surface area contributed by atoms with Crippen molar-refractivity contribution in [1.82, 2.24) is 15.1 Å². The van der Waals surface area contributed by atoms with Crippen molar-refractivity contribution in [2.75, 3.05) is 18.5 Å². The van der Waals surface area contributed by atoms with Crippen LogP contribution in [0.4, 0.5) is 5.82 Å². The van der Waals surface area contributed by atoms with Crippen LogP contribution in [0, 0.1) is 6.92 Å². The van der Waals surface area contributed by atoms with E-state index in [9.17, 15) is 0 Å². The predicted octanol–water partition coefficient (Wildman–Crippen LogP) is 3.13. The molecular formula is C17H26N4. The van der Waals surface area contributed by atoms with Crippen molar-refractivity contribution >= 4 is 5.82 Å². The monoisotopic (exact) mass is 286 g/mol. The van der Waals surface area contributed by atoms with Crippen molar-refractivity contribution < 1.29 is 0 Å². The lowest BCUT2D eigenvalue weighted by Gasteiger charge is -2.26. The van der Waals surface area contributed by atoms with Crippen LogP contribution in [0.3, 0.4) is 0 Å². The van der Waals surface area contributed by atoms with Gasteiger partial charge in [0.1, 0.15) is 5.82 Å². The van der Waals surface area contributed by atoms with Crippen molar-refractivity contribution in [3.05, 3.63) is 41.6 Å². The molecule has 0 aliphatic carbocycles. The number of anilines is 1.